The highest BCUT2D eigenvalue weighted by Crippen LogP contribution is 1.99. The minimum atomic E-state index is 0. The first-order valence-corrected chi connectivity index (χ1v) is 4.54. The van der Waals surface area contributed by atoms with Crippen LogP contribution >= 0.6 is 35.6 Å². The molecule has 0 atom stereocenters. The highest BCUT2D eigenvalue weighted by Gasteiger charge is 2.11. The molecule has 1 saturated heterocycles. The zero-order valence-electron chi connectivity index (χ0n) is 7.91. The summed E-state index contributed by atoms with van der Waals surface area (Å²) >= 11 is 5.56. The largest absolute Gasteiger partial charge is 0.378 e. The second kappa shape index (κ2) is 7.30. The second-order valence-electron chi connectivity index (χ2n) is 2.79. The van der Waals surface area contributed by atoms with E-state index < -0.39 is 0 Å². The summed E-state index contributed by atoms with van der Waals surface area (Å²) in [4.78, 5) is 6.06. The molecule has 1 fully saturated rings. The number of rotatable bonds is 2. The topological polar surface area (TPSA) is 50.8 Å². The monoisotopic (exact) mass is 331 g/mol. The van der Waals surface area contributed by atoms with E-state index in [1.54, 1.807) is 0 Å². The van der Waals surface area contributed by atoms with Gasteiger partial charge in [-0.2, -0.15) is 0 Å². The molecule has 0 bridgehead atoms. The Morgan fingerprint density at radius 1 is 1.50 bits per heavy atom. The van der Waals surface area contributed by atoms with Gasteiger partial charge in [-0.05, 0) is 0 Å². The van der Waals surface area contributed by atoms with Crippen LogP contribution in [0.2, 0.25) is 0 Å². The molecule has 1 aliphatic heterocycles. The number of morpholine rings is 1. The van der Waals surface area contributed by atoms with Gasteiger partial charge in [0.1, 0.15) is 0 Å². The molecule has 0 aliphatic carbocycles. The van der Waals surface area contributed by atoms with Crippen LogP contribution in [0.1, 0.15) is 0 Å². The van der Waals surface area contributed by atoms with Crippen LogP contribution in [-0.2, 0) is 4.74 Å². The third kappa shape index (κ3) is 5.02. The average molecular weight is 332 g/mol. The molecule has 82 valence electrons. The van der Waals surface area contributed by atoms with Gasteiger partial charge in [-0.25, -0.2) is 4.99 Å². The summed E-state index contributed by atoms with van der Waals surface area (Å²) < 4.78 is 5.18. The third-order valence-corrected chi connectivity index (χ3v) is 1.87. The summed E-state index contributed by atoms with van der Waals surface area (Å²) in [5, 5.41) is 0.496. The van der Waals surface area contributed by atoms with E-state index in [2.05, 4.69) is 11.6 Å². The summed E-state index contributed by atoms with van der Waals surface area (Å²) in [7, 11) is 0. The minimum absolute atomic E-state index is 0. The normalized spacial score (nSPS) is 17.5. The van der Waals surface area contributed by atoms with E-state index in [4.69, 9.17) is 22.1 Å². The van der Waals surface area contributed by atoms with Gasteiger partial charge in [-0.1, -0.05) is 18.2 Å². The fourth-order valence-corrected chi connectivity index (χ4v) is 1.12. The maximum absolute atomic E-state index is 5.72. The van der Waals surface area contributed by atoms with E-state index in [1.165, 1.54) is 0 Å². The maximum atomic E-state index is 5.72. The van der Waals surface area contributed by atoms with E-state index in [-0.39, 0.29) is 24.0 Å². The highest BCUT2D eigenvalue weighted by molar-refractivity contribution is 14.0. The van der Waals surface area contributed by atoms with Crippen LogP contribution in [0.3, 0.4) is 0 Å². The molecule has 0 saturated carbocycles. The Hall–Kier alpha value is -0.0100. The number of nitrogens with zero attached hydrogens (tertiary/aromatic N) is 2. The molecule has 6 heteroatoms. The molecule has 0 aromatic rings. The Labute approximate surface area is 106 Å². The van der Waals surface area contributed by atoms with Gasteiger partial charge < -0.3 is 15.4 Å². The average Bonchev–Trinajstić information content (AvgIpc) is 2.15. The van der Waals surface area contributed by atoms with E-state index >= 15 is 0 Å². The van der Waals surface area contributed by atoms with Gasteiger partial charge in [0.25, 0.3) is 0 Å². The van der Waals surface area contributed by atoms with Crippen molar-refractivity contribution in [3.05, 3.63) is 11.6 Å². The minimum Gasteiger partial charge on any atom is -0.378 e. The van der Waals surface area contributed by atoms with Crippen LogP contribution in [0.15, 0.2) is 16.6 Å². The first kappa shape index (κ1) is 14.0. The molecule has 0 spiro atoms. The SMILES string of the molecule is C=C(Cl)CN=C(N)N1CCOCC1.I. The van der Waals surface area contributed by atoms with Crippen molar-refractivity contribution in [2.75, 3.05) is 32.8 Å². The first-order chi connectivity index (χ1) is 6.20. The zero-order chi connectivity index (χ0) is 9.68. The number of guanidine groups is 1. The lowest BCUT2D eigenvalue weighted by Crippen LogP contribution is -2.44. The summed E-state index contributed by atoms with van der Waals surface area (Å²) in [5.41, 5.74) is 5.72. The smallest absolute Gasteiger partial charge is 0.191 e. The Balaban J connectivity index is 0.00000169. The van der Waals surface area contributed by atoms with Crippen molar-refractivity contribution in [3.8, 4) is 0 Å². The van der Waals surface area contributed by atoms with Crippen LogP contribution < -0.4 is 5.73 Å². The standard InChI is InChI=1S/C8H14ClN3O.HI/c1-7(9)6-11-8(10)12-2-4-13-5-3-12;/h1-6H2,(H2,10,11);1H. The molecule has 1 heterocycles. The predicted molar refractivity (Wildman–Crippen MR) is 69.3 cm³/mol. The van der Waals surface area contributed by atoms with Gasteiger partial charge in [-0.3, -0.25) is 0 Å². The van der Waals surface area contributed by atoms with Crippen molar-refractivity contribution in [1.82, 2.24) is 4.90 Å². The molecule has 14 heavy (non-hydrogen) atoms. The van der Waals surface area contributed by atoms with Crippen LogP contribution in [0, 0.1) is 0 Å². The molecule has 0 aromatic carbocycles. The fourth-order valence-electron chi connectivity index (χ4n) is 1.06. The van der Waals surface area contributed by atoms with Crippen molar-refractivity contribution in [2.24, 2.45) is 10.7 Å². The number of hydrogen-bond donors (Lipinski definition) is 1. The van der Waals surface area contributed by atoms with Crippen molar-refractivity contribution in [3.63, 3.8) is 0 Å². The number of hydrogen-bond acceptors (Lipinski definition) is 2. The third-order valence-electron chi connectivity index (χ3n) is 1.75. The number of halogens is 2. The van der Waals surface area contributed by atoms with Gasteiger partial charge in [0.15, 0.2) is 5.96 Å². The molecular formula is C8H15ClIN3O. The van der Waals surface area contributed by atoms with Crippen LogP contribution in [-0.4, -0.2) is 43.7 Å². The van der Waals surface area contributed by atoms with Gasteiger partial charge >= 0.3 is 0 Å². The van der Waals surface area contributed by atoms with Crippen molar-refractivity contribution >= 4 is 41.5 Å². The molecule has 1 aliphatic rings. The van der Waals surface area contributed by atoms with Crippen LogP contribution in [0.25, 0.3) is 0 Å². The lowest BCUT2D eigenvalue weighted by atomic mass is 10.4. The van der Waals surface area contributed by atoms with Crippen LogP contribution in [0.5, 0.6) is 0 Å². The molecule has 0 unspecified atom stereocenters. The van der Waals surface area contributed by atoms with Crippen LogP contribution in [0.4, 0.5) is 0 Å². The molecule has 1 rings (SSSR count). The maximum Gasteiger partial charge on any atom is 0.191 e. The van der Waals surface area contributed by atoms with Gasteiger partial charge in [0, 0.05) is 18.1 Å². The van der Waals surface area contributed by atoms with E-state index in [9.17, 15) is 0 Å². The van der Waals surface area contributed by atoms with Crippen molar-refractivity contribution in [1.29, 1.82) is 0 Å². The molecule has 0 amide bonds. The van der Waals surface area contributed by atoms with Gasteiger partial charge in [0.2, 0.25) is 0 Å². The van der Waals surface area contributed by atoms with E-state index in [1.807, 2.05) is 4.90 Å². The second-order valence-corrected chi connectivity index (χ2v) is 3.33. The predicted octanol–water partition coefficient (Wildman–Crippen LogP) is 1.00. The van der Waals surface area contributed by atoms with Crippen molar-refractivity contribution in [2.45, 2.75) is 0 Å². The highest BCUT2D eigenvalue weighted by atomic mass is 127. The van der Waals surface area contributed by atoms with Gasteiger partial charge in [0.05, 0.1) is 19.8 Å². The first-order valence-electron chi connectivity index (χ1n) is 4.16. The number of nitrogens with two attached hydrogens (primary N) is 1. The molecule has 0 aromatic heterocycles. The Morgan fingerprint density at radius 2 is 2.07 bits per heavy atom. The summed E-state index contributed by atoms with van der Waals surface area (Å²) in [6.45, 7) is 6.92. The summed E-state index contributed by atoms with van der Waals surface area (Å²) in [5.74, 6) is 0.519. The Kier molecular flexibility index (Phi) is 7.30. The summed E-state index contributed by atoms with van der Waals surface area (Å²) in [6, 6.07) is 0. The molecular weight excluding hydrogens is 316 g/mol. The lowest BCUT2D eigenvalue weighted by molar-refractivity contribution is 0.0674. The van der Waals surface area contributed by atoms with Crippen molar-refractivity contribution < 1.29 is 4.74 Å². The lowest BCUT2D eigenvalue weighted by Gasteiger charge is -2.27. The number of ether oxygens (including phenoxy) is 1. The fraction of sp³-hybridized carbons (Fsp3) is 0.625. The molecule has 0 radical (unpaired) electrons. The Bertz CT molecular complexity index is 217. The van der Waals surface area contributed by atoms with E-state index in [0.29, 0.717) is 30.8 Å². The Morgan fingerprint density at radius 3 is 2.57 bits per heavy atom. The van der Waals surface area contributed by atoms with Gasteiger partial charge in [-0.15, -0.1) is 24.0 Å². The molecule has 4 nitrogen and oxygen atoms in total. The zero-order valence-corrected chi connectivity index (χ0v) is 11.0. The summed E-state index contributed by atoms with van der Waals surface area (Å²) in [6.07, 6.45) is 0. The quantitative estimate of drug-likeness (QED) is 0.467. The number of aliphatic imine (C=N–C) groups is 1. The van der Waals surface area contributed by atoms with E-state index in [0.717, 1.165) is 13.1 Å². The molecule has 2 N–H and O–H groups in total.